The van der Waals surface area contributed by atoms with Crippen LogP contribution in [0.3, 0.4) is 0 Å². The lowest BCUT2D eigenvalue weighted by Crippen LogP contribution is -2.30. The van der Waals surface area contributed by atoms with E-state index in [0.29, 0.717) is 24.4 Å². The molecule has 0 spiro atoms. The van der Waals surface area contributed by atoms with Gasteiger partial charge in [0, 0.05) is 12.1 Å². The zero-order valence-electron chi connectivity index (χ0n) is 15.7. The third-order valence-electron chi connectivity index (χ3n) is 4.64. The predicted octanol–water partition coefficient (Wildman–Crippen LogP) is 4.64. The lowest BCUT2D eigenvalue weighted by Gasteiger charge is -2.23. The van der Waals surface area contributed by atoms with Crippen LogP contribution in [0.1, 0.15) is 55.8 Å². The van der Waals surface area contributed by atoms with E-state index in [-0.39, 0.29) is 5.97 Å². The van der Waals surface area contributed by atoms with Gasteiger partial charge in [0.25, 0.3) is 0 Å². The summed E-state index contributed by atoms with van der Waals surface area (Å²) in [4.78, 5) is 11.5. The zero-order chi connectivity index (χ0) is 18.2. The maximum absolute atomic E-state index is 11.5. The molecule has 1 N–H and O–H groups in total. The number of ether oxygens (including phenoxy) is 1. The van der Waals surface area contributed by atoms with Crippen LogP contribution in [0.2, 0.25) is 0 Å². The minimum atomic E-state index is -0.198. The molecule has 0 aliphatic rings. The van der Waals surface area contributed by atoms with Gasteiger partial charge in [-0.3, -0.25) is 4.79 Å². The van der Waals surface area contributed by atoms with Crippen molar-refractivity contribution in [3.8, 4) is 0 Å². The van der Waals surface area contributed by atoms with Gasteiger partial charge in [0.2, 0.25) is 0 Å². The molecule has 0 fully saturated rings. The van der Waals surface area contributed by atoms with E-state index in [2.05, 4.69) is 62.5 Å². The van der Waals surface area contributed by atoms with Gasteiger partial charge in [-0.15, -0.1) is 0 Å². The first-order chi connectivity index (χ1) is 12.0. The summed E-state index contributed by atoms with van der Waals surface area (Å²) in [6.07, 6.45) is 1.37. The van der Waals surface area contributed by atoms with E-state index >= 15 is 0 Å². The average Bonchev–Trinajstić information content (AvgIpc) is 2.62. The van der Waals surface area contributed by atoms with Gasteiger partial charge in [-0.1, -0.05) is 61.5 Å². The molecule has 3 heteroatoms. The fraction of sp³-hybridized carbons (Fsp3) is 0.409. The molecule has 0 bridgehead atoms. The zero-order valence-corrected chi connectivity index (χ0v) is 15.7. The van der Waals surface area contributed by atoms with Gasteiger partial charge in [-0.2, -0.15) is 0 Å². The molecule has 3 atom stereocenters. The van der Waals surface area contributed by atoms with Crippen LogP contribution in [0.4, 0.5) is 0 Å². The number of esters is 1. The van der Waals surface area contributed by atoms with E-state index in [4.69, 9.17) is 4.74 Å². The van der Waals surface area contributed by atoms with Gasteiger partial charge in [-0.25, -0.2) is 0 Å². The van der Waals surface area contributed by atoms with Crippen molar-refractivity contribution in [1.82, 2.24) is 5.32 Å². The predicted molar refractivity (Wildman–Crippen MR) is 103 cm³/mol. The molecule has 0 unspecified atom stereocenters. The van der Waals surface area contributed by atoms with Gasteiger partial charge < -0.3 is 10.1 Å². The quantitative estimate of drug-likeness (QED) is 0.712. The minimum Gasteiger partial charge on any atom is -0.469 e. The Morgan fingerprint density at radius 2 is 1.68 bits per heavy atom. The molecule has 0 saturated heterocycles. The second-order valence-corrected chi connectivity index (χ2v) is 6.83. The maximum Gasteiger partial charge on any atom is 0.309 e. The molecule has 0 aliphatic carbocycles. The Hall–Kier alpha value is -2.13. The van der Waals surface area contributed by atoms with Crippen molar-refractivity contribution in [2.24, 2.45) is 0 Å². The number of rotatable bonds is 8. The van der Waals surface area contributed by atoms with Crippen molar-refractivity contribution >= 4 is 5.97 Å². The second-order valence-electron chi connectivity index (χ2n) is 6.83. The highest BCUT2D eigenvalue weighted by molar-refractivity contribution is 5.72. The number of benzene rings is 2. The summed E-state index contributed by atoms with van der Waals surface area (Å²) in [5.74, 6) is 0.222. The normalized spacial score (nSPS) is 14.6. The Labute approximate surface area is 151 Å². The molecule has 25 heavy (non-hydrogen) atoms. The number of methoxy groups -OCH3 is 1. The summed E-state index contributed by atoms with van der Waals surface area (Å²) in [6.45, 7) is 6.67. The van der Waals surface area contributed by atoms with Crippen LogP contribution >= 0.6 is 0 Å². The van der Waals surface area contributed by atoms with Crippen LogP contribution in [-0.2, 0) is 16.0 Å². The van der Waals surface area contributed by atoms with Crippen LogP contribution in [-0.4, -0.2) is 19.1 Å². The first-order valence-corrected chi connectivity index (χ1v) is 8.96. The van der Waals surface area contributed by atoms with E-state index in [9.17, 15) is 4.79 Å². The topological polar surface area (TPSA) is 38.3 Å². The number of hydrogen-bond donors (Lipinski definition) is 1. The lowest BCUT2D eigenvalue weighted by atomic mass is 9.92. The Balaban J connectivity index is 1.93. The molecular weight excluding hydrogens is 310 g/mol. The monoisotopic (exact) mass is 339 g/mol. The Kier molecular flexibility index (Phi) is 7.20. The van der Waals surface area contributed by atoms with E-state index in [1.54, 1.807) is 0 Å². The van der Waals surface area contributed by atoms with Crippen LogP contribution < -0.4 is 5.32 Å². The first-order valence-electron chi connectivity index (χ1n) is 8.96. The Morgan fingerprint density at radius 1 is 1.00 bits per heavy atom. The number of nitrogens with one attached hydrogen (secondary N) is 1. The summed E-state index contributed by atoms with van der Waals surface area (Å²) in [6, 6.07) is 19.5. The molecule has 2 aromatic carbocycles. The highest BCUT2D eigenvalue weighted by Gasteiger charge is 2.14. The second kappa shape index (κ2) is 9.38. The summed E-state index contributed by atoms with van der Waals surface area (Å²) in [5, 5.41) is 3.68. The molecule has 0 heterocycles. The van der Waals surface area contributed by atoms with Crippen LogP contribution in [0.5, 0.6) is 0 Å². The maximum atomic E-state index is 11.5. The van der Waals surface area contributed by atoms with Gasteiger partial charge in [0.15, 0.2) is 0 Å². The first kappa shape index (κ1) is 19.2. The van der Waals surface area contributed by atoms with Gasteiger partial charge in [-0.05, 0) is 42.9 Å². The molecule has 0 radical (unpaired) electrons. The van der Waals surface area contributed by atoms with Crippen molar-refractivity contribution in [2.75, 3.05) is 7.11 Å². The fourth-order valence-electron chi connectivity index (χ4n) is 3.25. The molecule has 0 saturated carbocycles. The smallest absolute Gasteiger partial charge is 0.309 e. The number of carbonyl (C=O) groups is 1. The lowest BCUT2D eigenvalue weighted by molar-refractivity contribution is -0.139. The molecular formula is C22H29NO2. The Bertz CT molecular complexity index is 669. The highest BCUT2D eigenvalue weighted by Crippen LogP contribution is 2.23. The fourth-order valence-corrected chi connectivity index (χ4v) is 3.25. The summed E-state index contributed by atoms with van der Waals surface area (Å²) < 4.78 is 4.76. The molecule has 0 aliphatic heterocycles. The van der Waals surface area contributed by atoms with Crippen molar-refractivity contribution in [2.45, 2.75) is 51.6 Å². The van der Waals surface area contributed by atoms with E-state index in [1.165, 1.54) is 18.2 Å². The van der Waals surface area contributed by atoms with Gasteiger partial charge in [0.1, 0.15) is 0 Å². The van der Waals surface area contributed by atoms with Crippen molar-refractivity contribution < 1.29 is 9.53 Å². The van der Waals surface area contributed by atoms with Crippen molar-refractivity contribution in [3.05, 3.63) is 71.3 Å². The summed E-state index contributed by atoms with van der Waals surface area (Å²) in [5.41, 5.74) is 3.58. The van der Waals surface area contributed by atoms with E-state index < -0.39 is 0 Å². The summed E-state index contributed by atoms with van der Waals surface area (Å²) >= 11 is 0. The third-order valence-corrected chi connectivity index (χ3v) is 4.64. The molecule has 0 amide bonds. The molecule has 2 rings (SSSR count). The SMILES string of the molecule is COC(=O)Cc1cccc([C@@H](C)C[C@@H](C)N[C@H](C)c2ccccc2)c1. The molecule has 134 valence electrons. The van der Waals surface area contributed by atoms with Crippen molar-refractivity contribution in [1.29, 1.82) is 0 Å². The average molecular weight is 339 g/mol. The van der Waals surface area contributed by atoms with E-state index in [1.807, 2.05) is 18.2 Å². The van der Waals surface area contributed by atoms with Crippen molar-refractivity contribution in [3.63, 3.8) is 0 Å². The minimum absolute atomic E-state index is 0.198. The third kappa shape index (κ3) is 6.02. The van der Waals surface area contributed by atoms with E-state index in [0.717, 1.165) is 12.0 Å². The van der Waals surface area contributed by atoms with Crippen LogP contribution in [0.15, 0.2) is 54.6 Å². The largest absolute Gasteiger partial charge is 0.469 e. The van der Waals surface area contributed by atoms with Gasteiger partial charge in [0.05, 0.1) is 13.5 Å². The van der Waals surface area contributed by atoms with Crippen LogP contribution in [0.25, 0.3) is 0 Å². The molecule has 3 nitrogen and oxygen atoms in total. The van der Waals surface area contributed by atoms with Gasteiger partial charge >= 0.3 is 5.97 Å². The highest BCUT2D eigenvalue weighted by atomic mass is 16.5. The molecule has 2 aromatic rings. The standard InChI is InChI=1S/C22H29NO2/c1-16(21-12-8-9-19(14-21)15-22(24)25-4)13-17(2)23-18(3)20-10-6-5-7-11-20/h5-12,14,16-18,23H,13,15H2,1-4H3/t16-,17+,18+/m0/s1. The molecule has 0 aromatic heterocycles. The Morgan fingerprint density at radius 3 is 2.36 bits per heavy atom. The van der Waals surface area contributed by atoms with Crippen LogP contribution in [0, 0.1) is 0 Å². The number of carbonyl (C=O) groups excluding carboxylic acids is 1. The number of hydrogen-bond acceptors (Lipinski definition) is 3. The summed E-state index contributed by atoms with van der Waals surface area (Å²) in [7, 11) is 1.43.